The van der Waals surface area contributed by atoms with Crippen LogP contribution in [0.25, 0.3) is 0 Å². The molecule has 11 heteroatoms. The van der Waals surface area contributed by atoms with Crippen molar-refractivity contribution in [2.24, 2.45) is 5.73 Å². The topological polar surface area (TPSA) is 165 Å². The molecule has 5 N–H and O–H groups in total. The number of thioether (sulfide) groups is 1. The zero-order valence-electron chi connectivity index (χ0n) is 27.5. The number of carboxylic acid groups (broad SMARTS) is 1. The Labute approximate surface area is 270 Å². The summed E-state index contributed by atoms with van der Waals surface area (Å²) in [6.07, 6.45) is 20.6. The van der Waals surface area contributed by atoms with Crippen LogP contribution in [-0.4, -0.2) is 76.9 Å². The normalized spacial score (nSPS) is 13.2. The van der Waals surface area contributed by atoms with Crippen LogP contribution in [0.3, 0.4) is 0 Å². The van der Waals surface area contributed by atoms with Gasteiger partial charge >= 0.3 is 17.9 Å². The minimum Gasteiger partial charge on any atom is -0.480 e. The molecule has 0 fully saturated rings. The third-order valence-electron chi connectivity index (χ3n) is 7.43. The van der Waals surface area contributed by atoms with Crippen molar-refractivity contribution in [3.8, 4) is 0 Å². The fourth-order valence-electron chi connectivity index (χ4n) is 4.65. The van der Waals surface area contributed by atoms with Crippen LogP contribution in [-0.2, 0) is 28.7 Å². The van der Waals surface area contributed by atoms with Crippen LogP contribution in [0.4, 0.5) is 0 Å². The zero-order chi connectivity index (χ0) is 32.8. The Morgan fingerprint density at radius 1 is 0.705 bits per heavy atom. The molecule has 3 atom stereocenters. The number of hydrogen-bond donors (Lipinski definition) is 4. The van der Waals surface area contributed by atoms with Crippen LogP contribution in [0.2, 0.25) is 0 Å². The number of nitrogens with one attached hydrogen (secondary N) is 1. The number of carbonyl (C=O) groups excluding carboxylic acids is 3. The average Bonchev–Trinajstić information content (AvgIpc) is 3.00. The summed E-state index contributed by atoms with van der Waals surface area (Å²) in [5.41, 5.74) is 5.89. The van der Waals surface area contributed by atoms with Crippen LogP contribution < -0.4 is 11.1 Å². The first-order chi connectivity index (χ1) is 21.2. The Bertz CT molecular complexity index is 755. The number of aliphatic carboxylic acids is 1. The first-order valence-corrected chi connectivity index (χ1v) is 18.2. The van der Waals surface area contributed by atoms with Gasteiger partial charge in [-0.05, 0) is 12.8 Å². The van der Waals surface area contributed by atoms with Crippen molar-refractivity contribution in [3.63, 3.8) is 0 Å². The number of carboxylic acids is 1. The molecule has 258 valence electrons. The smallest absolute Gasteiger partial charge is 0.328 e. The molecule has 0 aromatic heterocycles. The van der Waals surface area contributed by atoms with Gasteiger partial charge in [-0.15, -0.1) is 0 Å². The van der Waals surface area contributed by atoms with Crippen LogP contribution >= 0.6 is 11.8 Å². The molecule has 44 heavy (non-hydrogen) atoms. The lowest BCUT2D eigenvalue weighted by Gasteiger charge is -2.19. The van der Waals surface area contributed by atoms with E-state index in [-0.39, 0.29) is 30.1 Å². The van der Waals surface area contributed by atoms with Gasteiger partial charge in [0.15, 0.2) is 0 Å². The molecule has 0 aliphatic heterocycles. The lowest BCUT2D eigenvalue weighted by Crippen LogP contribution is -2.50. The highest BCUT2D eigenvalue weighted by Crippen LogP contribution is 2.14. The van der Waals surface area contributed by atoms with Gasteiger partial charge in [-0.1, -0.05) is 117 Å². The number of esters is 2. The van der Waals surface area contributed by atoms with Gasteiger partial charge in [-0.25, -0.2) is 4.79 Å². The first kappa shape index (κ1) is 42.1. The van der Waals surface area contributed by atoms with Crippen LogP contribution in [0.15, 0.2) is 0 Å². The van der Waals surface area contributed by atoms with E-state index in [1.54, 1.807) is 0 Å². The Kier molecular flexibility index (Phi) is 28.6. The van der Waals surface area contributed by atoms with E-state index in [1.165, 1.54) is 88.8 Å². The van der Waals surface area contributed by atoms with Gasteiger partial charge in [0.05, 0.1) is 12.6 Å². The van der Waals surface area contributed by atoms with Gasteiger partial charge in [-0.2, -0.15) is 11.8 Å². The summed E-state index contributed by atoms with van der Waals surface area (Å²) in [6.45, 7) is 3.60. The lowest BCUT2D eigenvalue weighted by atomic mass is 10.1. The summed E-state index contributed by atoms with van der Waals surface area (Å²) in [7, 11) is 0. The molecule has 0 aliphatic carbocycles. The van der Waals surface area contributed by atoms with E-state index in [2.05, 4.69) is 19.2 Å². The molecule has 0 aromatic carbocycles. The van der Waals surface area contributed by atoms with Crippen LogP contribution in [0.5, 0.6) is 0 Å². The van der Waals surface area contributed by atoms with Crippen LogP contribution in [0, 0.1) is 0 Å². The van der Waals surface area contributed by atoms with Gasteiger partial charge in [0, 0.05) is 24.3 Å². The molecular formula is C33H62N2O8S. The van der Waals surface area contributed by atoms with Crippen molar-refractivity contribution < 1.29 is 38.9 Å². The maximum atomic E-state index is 12.5. The number of nitrogens with two attached hydrogens (primary N) is 1. The number of ether oxygens (including phenoxy) is 2. The van der Waals surface area contributed by atoms with E-state index < -0.39 is 36.7 Å². The average molecular weight is 647 g/mol. The van der Waals surface area contributed by atoms with E-state index in [0.717, 1.165) is 38.5 Å². The number of carbonyl (C=O) groups is 4. The van der Waals surface area contributed by atoms with Crippen molar-refractivity contribution in [2.45, 2.75) is 160 Å². The molecule has 1 amide bonds. The van der Waals surface area contributed by atoms with E-state index in [9.17, 15) is 19.2 Å². The van der Waals surface area contributed by atoms with Crippen molar-refractivity contribution in [2.75, 3.05) is 24.7 Å². The number of amides is 1. The first-order valence-electron chi connectivity index (χ1n) is 17.1. The van der Waals surface area contributed by atoms with Crippen molar-refractivity contribution >= 4 is 35.6 Å². The third kappa shape index (κ3) is 25.5. The molecule has 0 bridgehead atoms. The zero-order valence-corrected chi connectivity index (χ0v) is 28.3. The predicted molar refractivity (Wildman–Crippen MR) is 176 cm³/mol. The molecule has 0 unspecified atom stereocenters. The number of rotatable bonds is 31. The summed E-state index contributed by atoms with van der Waals surface area (Å²) < 4.78 is 11.1. The monoisotopic (exact) mass is 646 g/mol. The Balaban J connectivity index is 4.56. The molecule has 0 aromatic rings. The summed E-state index contributed by atoms with van der Waals surface area (Å²) in [5.74, 6) is -2.34. The van der Waals surface area contributed by atoms with Gasteiger partial charge < -0.3 is 30.7 Å². The highest BCUT2D eigenvalue weighted by atomic mass is 32.2. The minimum atomic E-state index is -1.43. The Morgan fingerprint density at radius 3 is 1.61 bits per heavy atom. The summed E-state index contributed by atoms with van der Waals surface area (Å²) in [6, 6.07) is -2.46. The van der Waals surface area contributed by atoms with E-state index >= 15 is 0 Å². The second-order valence-electron chi connectivity index (χ2n) is 11.7. The second-order valence-corrected chi connectivity index (χ2v) is 12.8. The van der Waals surface area contributed by atoms with Crippen molar-refractivity contribution in [1.82, 2.24) is 5.32 Å². The molecule has 0 saturated carbocycles. The molecular weight excluding hydrogens is 584 g/mol. The van der Waals surface area contributed by atoms with Gasteiger partial charge in [-0.3, -0.25) is 14.4 Å². The molecule has 0 aliphatic rings. The molecule has 10 nitrogen and oxygen atoms in total. The molecule has 0 heterocycles. The van der Waals surface area contributed by atoms with Gasteiger partial charge in [0.1, 0.15) is 18.8 Å². The Hall–Kier alpha value is -1.85. The van der Waals surface area contributed by atoms with Gasteiger partial charge in [0.2, 0.25) is 5.91 Å². The van der Waals surface area contributed by atoms with E-state index in [4.69, 9.17) is 25.4 Å². The highest BCUT2D eigenvalue weighted by Gasteiger charge is 2.24. The number of aliphatic hydroxyl groups is 1. The number of aliphatic hydroxyl groups excluding tert-OH is 1. The maximum absolute atomic E-state index is 12.5. The lowest BCUT2D eigenvalue weighted by molar-refractivity contribution is -0.157. The quantitative estimate of drug-likeness (QED) is 0.0526. The number of hydrogen-bond acceptors (Lipinski definition) is 9. The summed E-state index contributed by atoms with van der Waals surface area (Å²) in [4.78, 5) is 48.1. The second kappa shape index (κ2) is 29.8. The standard InChI is InChI=1S/C33H62N2O8S/c1-3-5-7-9-11-13-15-17-19-21-30(37)42-24-27(25-44-26-28(34)32(39)35-29(23-36)33(40)41)43-31(38)22-20-18-16-14-12-10-8-6-4-2/h27-29,36H,3-26,34H2,1-2H3,(H,35,39)(H,40,41)/t27-,28+,29+/m1/s1. The fraction of sp³-hybridized carbons (Fsp3) is 0.879. The van der Waals surface area contributed by atoms with Gasteiger partial charge in [0.25, 0.3) is 0 Å². The maximum Gasteiger partial charge on any atom is 0.328 e. The van der Waals surface area contributed by atoms with E-state index in [0.29, 0.717) is 12.8 Å². The van der Waals surface area contributed by atoms with Crippen molar-refractivity contribution in [3.05, 3.63) is 0 Å². The highest BCUT2D eigenvalue weighted by molar-refractivity contribution is 7.99. The molecule has 0 spiro atoms. The molecule has 0 radical (unpaired) electrons. The SMILES string of the molecule is CCCCCCCCCCCC(=O)OC[C@H](CSC[C@H](N)C(=O)N[C@@H](CO)C(=O)O)OC(=O)CCCCCCCCCCC. The summed E-state index contributed by atoms with van der Waals surface area (Å²) >= 11 is 1.25. The van der Waals surface area contributed by atoms with Crippen LogP contribution in [0.1, 0.15) is 142 Å². The molecule has 0 saturated heterocycles. The number of unbranched alkanes of at least 4 members (excludes halogenated alkanes) is 16. The molecule has 0 rings (SSSR count). The van der Waals surface area contributed by atoms with Crippen molar-refractivity contribution in [1.29, 1.82) is 0 Å². The minimum absolute atomic E-state index is 0.0696. The largest absolute Gasteiger partial charge is 0.480 e. The predicted octanol–water partition coefficient (Wildman–Crippen LogP) is 5.91. The summed E-state index contributed by atoms with van der Waals surface area (Å²) in [5, 5.41) is 20.3. The van der Waals surface area contributed by atoms with E-state index in [1.807, 2.05) is 0 Å². The third-order valence-corrected chi connectivity index (χ3v) is 8.63. The Morgan fingerprint density at radius 2 is 1.16 bits per heavy atom. The fourth-order valence-corrected chi connectivity index (χ4v) is 5.61.